The molecule has 27 heavy (non-hydrogen) atoms. The van der Waals surface area contributed by atoms with Gasteiger partial charge in [0.05, 0.1) is 0 Å². The summed E-state index contributed by atoms with van der Waals surface area (Å²) < 4.78 is 0. The molecule has 0 radical (unpaired) electrons. The molecule has 1 aromatic carbocycles. The van der Waals surface area contributed by atoms with E-state index in [0.29, 0.717) is 17.9 Å². The van der Waals surface area contributed by atoms with Crippen molar-refractivity contribution in [3.8, 4) is 0 Å². The summed E-state index contributed by atoms with van der Waals surface area (Å²) in [7, 11) is 0. The molecule has 0 bridgehead atoms. The van der Waals surface area contributed by atoms with Crippen molar-refractivity contribution >= 4 is 17.4 Å². The second-order valence-electron chi connectivity index (χ2n) is 7.39. The predicted octanol–water partition coefficient (Wildman–Crippen LogP) is 4.45. The molecule has 0 atom stereocenters. The molecule has 0 aliphatic carbocycles. The van der Waals surface area contributed by atoms with Gasteiger partial charge in [0.25, 0.3) is 5.91 Å². The van der Waals surface area contributed by atoms with Crippen molar-refractivity contribution < 1.29 is 4.79 Å². The molecule has 2 N–H and O–H groups in total. The van der Waals surface area contributed by atoms with E-state index in [-0.39, 0.29) is 11.3 Å². The van der Waals surface area contributed by atoms with Gasteiger partial charge in [-0.15, -0.1) is 0 Å². The lowest BCUT2D eigenvalue weighted by atomic mass is 9.86. The monoisotopic (exact) mass is 360 g/mol. The van der Waals surface area contributed by atoms with Crippen LogP contribution in [-0.2, 0) is 12.0 Å². The lowest BCUT2D eigenvalue weighted by molar-refractivity contribution is 0.0951. The van der Waals surface area contributed by atoms with Gasteiger partial charge in [0.2, 0.25) is 0 Å². The van der Waals surface area contributed by atoms with Gasteiger partial charge in [0, 0.05) is 36.4 Å². The van der Waals surface area contributed by atoms with E-state index in [0.717, 1.165) is 11.3 Å². The first-order chi connectivity index (χ1) is 12.9. The van der Waals surface area contributed by atoms with Gasteiger partial charge in [-0.2, -0.15) is 0 Å². The molecule has 0 aliphatic rings. The van der Waals surface area contributed by atoms with Gasteiger partial charge in [-0.1, -0.05) is 45.0 Å². The van der Waals surface area contributed by atoms with Crippen LogP contribution in [-0.4, -0.2) is 15.9 Å². The fraction of sp³-hybridized carbons (Fsp3) is 0.227. The Morgan fingerprint density at radius 1 is 1.04 bits per heavy atom. The van der Waals surface area contributed by atoms with Gasteiger partial charge < -0.3 is 10.6 Å². The van der Waals surface area contributed by atoms with Crippen molar-refractivity contribution in [1.82, 2.24) is 15.3 Å². The molecule has 2 aromatic heterocycles. The third kappa shape index (κ3) is 4.91. The molecule has 0 spiro atoms. The first kappa shape index (κ1) is 18.6. The largest absolute Gasteiger partial charge is 0.348 e. The number of hydrogen-bond acceptors (Lipinski definition) is 4. The minimum Gasteiger partial charge on any atom is -0.348 e. The number of para-hydroxylation sites is 1. The Morgan fingerprint density at radius 2 is 1.85 bits per heavy atom. The summed E-state index contributed by atoms with van der Waals surface area (Å²) in [5, 5.41) is 6.25. The van der Waals surface area contributed by atoms with Crippen LogP contribution < -0.4 is 10.6 Å². The molecule has 138 valence electrons. The number of aromatic nitrogens is 2. The van der Waals surface area contributed by atoms with Crippen molar-refractivity contribution in [3.63, 3.8) is 0 Å². The van der Waals surface area contributed by atoms with E-state index in [1.165, 1.54) is 5.56 Å². The van der Waals surface area contributed by atoms with E-state index in [1.54, 1.807) is 30.7 Å². The van der Waals surface area contributed by atoms with Gasteiger partial charge in [-0.3, -0.25) is 9.78 Å². The normalized spacial score (nSPS) is 11.1. The average molecular weight is 360 g/mol. The number of carbonyl (C=O) groups is 1. The highest BCUT2D eigenvalue weighted by Crippen LogP contribution is 2.30. The maximum atomic E-state index is 12.5. The third-order valence-electron chi connectivity index (χ3n) is 4.20. The third-order valence-corrected chi connectivity index (χ3v) is 4.20. The van der Waals surface area contributed by atoms with Crippen LogP contribution in [0.3, 0.4) is 0 Å². The van der Waals surface area contributed by atoms with E-state index >= 15 is 0 Å². The summed E-state index contributed by atoms with van der Waals surface area (Å²) >= 11 is 0. The average Bonchev–Trinajstić information content (AvgIpc) is 2.67. The van der Waals surface area contributed by atoms with Gasteiger partial charge >= 0.3 is 0 Å². The van der Waals surface area contributed by atoms with Gasteiger partial charge in [0.15, 0.2) is 0 Å². The molecule has 3 rings (SSSR count). The van der Waals surface area contributed by atoms with Crippen molar-refractivity contribution in [2.75, 3.05) is 5.32 Å². The first-order valence-electron chi connectivity index (χ1n) is 8.93. The highest BCUT2D eigenvalue weighted by molar-refractivity contribution is 5.94. The summed E-state index contributed by atoms with van der Waals surface area (Å²) in [5.41, 5.74) is 3.70. The standard InChI is InChI=1S/C22H24N4O/c1-22(2,3)18-8-4-5-9-19(18)26-20-13-17(10-12-24-20)21(27)25-15-16-7-6-11-23-14-16/h4-14H,15H2,1-3H3,(H,24,26)(H,25,27). The summed E-state index contributed by atoms with van der Waals surface area (Å²) in [5.74, 6) is 0.495. The van der Waals surface area contributed by atoms with Crippen LogP contribution in [0.4, 0.5) is 11.5 Å². The van der Waals surface area contributed by atoms with E-state index in [4.69, 9.17) is 0 Å². The van der Waals surface area contributed by atoms with Crippen LogP contribution in [0.25, 0.3) is 0 Å². The number of hydrogen-bond donors (Lipinski definition) is 2. The van der Waals surface area contributed by atoms with Crippen LogP contribution in [0, 0.1) is 0 Å². The Hall–Kier alpha value is -3.21. The van der Waals surface area contributed by atoms with Crippen molar-refractivity contribution in [1.29, 1.82) is 0 Å². The minimum atomic E-state index is -0.145. The van der Waals surface area contributed by atoms with Crippen LogP contribution in [0.5, 0.6) is 0 Å². The number of amides is 1. The fourth-order valence-corrected chi connectivity index (χ4v) is 2.81. The molecular weight excluding hydrogens is 336 g/mol. The number of rotatable bonds is 5. The number of anilines is 2. The maximum Gasteiger partial charge on any atom is 0.251 e. The Balaban J connectivity index is 1.74. The minimum absolute atomic E-state index is 0.00228. The van der Waals surface area contributed by atoms with E-state index in [1.807, 2.05) is 30.3 Å². The molecule has 2 heterocycles. The number of nitrogens with zero attached hydrogens (tertiary/aromatic N) is 2. The second kappa shape index (κ2) is 7.99. The number of benzene rings is 1. The second-order valence-corrected chi connectivity index (χ2v) is 7.39. The molecule has 5 nitrogen and oxygen atoms in total. The molecule has 0 aliphatic heterocycles. The smallest absolute Gasteiger partial charge is 0.251 e. The lowest BCUT2D eigenvalue weighted by Crippen LogP contribution is -2.23. The highest BCUT2D eigenvalue weighted by Gasteiger charge is 2.18. The van der Waals surface area contributed by atoms with Crippen LogP contribution in [0.2, 0.25) is 0 Å². The first-order valence-corrected chi connectivity index (χ1v) is 8.93. The molecule has 1 amide bonds. The quantitative estimate of drug-likeness (QED) is 0.705. The Kier molecular flexibility index (Phi) is 5.50. The van der Waals surface area contributed by atoms with Gasteiger partial charge in [-0.25, -0.2) is 4.98 Å². The van der Waals surface area contributed by atoms with Crippen LogP contribution in [0.15, 0.2) is 67.1 Å². The molecule has 3 aromatic rings. The molecule has 0 unspecified atom stereocenters. The molecule has 0 fully saturated rings. The fourth-order valence-electron chi connectivity index (χ4n) is 2.81. The van der Waals surface area contributed by atoms with E-state index in [2.05, 4.69) is 47.4 Å². The lowest BCUT2D eigenvalue weighted by Gasteiger charge is -2.23. The van der Waals surface area contributed by atoms with Crippen molar-refractivity contribution in [2.24, 2.45) is 0 Å². The zero-order chi connectivity index (χ0) is 19.3. The summed E-state index contributed by atoms with van der Waals surface area (Å²) in [4.78, 5) is 20.9. The van der Waals surface area contributed by atoms with E-state index < -0.39 is 0 Å². The predicted molar refractivity (Wildman–Crippen MR) is 108 cm³/mol. The SMILES string of the molecule is CC(C)(C)c1ccccc1Nc1cc(C(=O)NCc2cccnc2)ccn1. The summed E-state index contributed by atoms with van der Waals surface area (Å²) in [6, 6.07) is 15.4. The number of nitrogens with one attached hydrogen (secondary N) is 2. The Morgan fingerprint density at radius 3 is 2.59 bits per heavy atom. The number of pyridine rings is 2. The van der Waals surface area contributed by atoms with Gasteiger partial charge in [-0.05, 0) is 40.8 Å². The van der Waals surface area contributed by atoms with Crippen LogP contribution >= 0.6 is 0 Å². The summed E-state index contributed by atoms with van der Waals surface area (Å²) in [6.45, 7) is 6.94. The van der Waals surface area contributed by atoms with Crippen molar-refractivity contribution in [3.05, 3.63) is 83.8 Å². The van der Waals surface area contributed by atoms with Crippen LogP contribution in [0.1, 0.15) is 42.3 Å². The zero-order valence-electron chi connectivity index (χ0n) is 15.9. The molecule has 0 saturated heterocycles. The maximum absolute atomic E-state index is 12.5. The number of carbonyl (C=O) groups excluding carboxylic acids is 1. The highest BCUT2D eigenvalue weighted by atomic mass is 16.1. The Bertz CT molecular complexity index is 917. The Labute approximate surface area is 159 Å². The van der Waals surface area contributed by atoms with Gasteiger partial charge in [0.1, 0.15) is 5.82 Å². The topological polar surface area (TPSA) is 66.9 Å². The molecule has 5 heteroatoms. The summed E-state index contributed by atoms with van der Waals surface area (Å²) in [6.07, 6.45) is 5.09. The zero-order valence-corrected chi connectivity index (χ0v) is 15.9. The van der Waals surface area contributed by atoms with Crippen molar-refractivity contribution in [2.45, 2.75) is 32.7 Å². The molecular formula is C22H24N4O. The van der Waals surface area contributed by atoms with E-state index in [9.17, 15) is 4.79 Å². The molecule has 0 saturated carbocycles.